The zero-order valence-electron chi connectivity index (χ0n) is 12.7. The van der Waals surface area contributed by atoms with Crippen LogP contribution in [0.15, 0.2) is 18.2 Å². The SMILES string of the molecule is CCCCCCCCCC(NC)c1c(F)cccc1F. The van der Waals surface area contributed by atoms with Crippen molar-refractivity contribution in [1.29, 1.82) is 0 Å². The van der Waals surface area contributed by atoms with Gasteiger partial charge in [0.25, 0.3) is 0 Å². The first-order valence-corrected chi connectivity index (χ1v) is 7.81. The predicted octanol–water partition coefficient (Wildman–Crippen LogP) is 5.37. The fraction of sp³-hybridized carbons (Fsp3) is 0.647. The van der Waals surface area contributed by atoms with Crippen LogP contribution in [-0.2, 0) is 0 Å². The van der Waals surface area contributed by atoms with Crippen molar-refractivity contribution in [3.8, 4) is 0 Å². The summed E-state index contributed by atoms with van der Waals surface area (Å²) in [5.74, 6) is -0.903. The molecule has 0 aliphatic rings. The van der Waals surface area contributed by atoms with Gasteiger partial charge in [-0.25, -0.2) is 8.78 Å². The summed E-state index contributed by atoms with van der Waals surface area (Å²) in [6.07, 6.45) is 9.27. The third-order valence-electron chi connectivity index (χ3n) is 3.79. The summed E-state index contributed by atoms with van der Waals surface area (Å²) < 4.78 is 27.4. The molecule has 0 spiro atoms. The van der Waals surface area contributed by atoms with E-state index in [1.807, 2.05) is 0 Å². The molecule has 0 fully saturated rings. The average Bonchev–Trinajstić information content (AvgIpc) is 2.44. The van der Waals surface area contributed by atoms with Crippen molar-refractivity contribution >= 4 is 0 Å². The lowest BCUT2D eigenvalue weighted by atomic mass is 9.98. The van der Waals surface area contributed by atoms with Crippen LogP contribution in [0.4, 0.5) is 8.78 Å². The molecule has 1 N–H and O–H groups in total. The minimum Gasteiger partial charge on any atom is -0.313 e. The van der Waals surface area contributed by atoms with Crippen molar-refractivity contribution in [2.75, 3.05) is 7.05 Å². The first-order chi connectivity index (χ1) is 9.70. The van der Waals surface area contributed by atoms with E-state index in [4.69, 9.17) is 0 Å². The molecule has 114 valence electrons. The summed E-state index contributed by atoms with van der Waals surface area (Å²) in [6, 6.07) is 3.84. The topological polar surface area (TPSA) is 12.0 Å². The Hall–Kier alpha value is -0.960. The number of halogens is 2. The van der Waals surface area contributed by atoms with Gasteiger partial charge in [-0.15, -0.1) is 0 Å². The van der Waals surface area contributed by atoms with Crippen molar-refractivity contribution < 1.29 is 8.78 Å². The molecular weight excluding hydrogens is 256 g/mol. The van der Waals surface area contributed by atoms with Crippen LogP contribution in [0.1, 0.15) is 69.9 Å². The summed E-state index contributed by atoms with van der Waals surface area (Å²) in [4.78, 5) is 0. The molecule has 1 aromatic rings. The Morgan fingerprint density at radius 2 is 1.50 bits per heavy atom. The molecule has 1 rings (SSSR count). The van der Waals surface area contributed by atoms with Crippen molar-refractivity contribution in [3.05, 3.63) is 35.4 Å². The van der Waals surface area contributed by atoms with Crippen LogP contribution in [0.2, 0.25) is 0 Å². The van der Waals surface area contributed by atoms with Gasteiger partial charge in [-0.05, 0) is 25.6 Å². The molecular formula is C17H27F2N. The fourth-order valence-corrected chi connectivity index (χ4v) is 2.58. The van der Waals surface area contributed by atoms with Crippen LogP contribution in [0.5, 0.6) is 0 Å². The van der Waals surface area contributed by atoms with E-state index in [1.165, 1.54) is 50.3 Å². The van der Waals surface area contributed by atoms with Gasteiger partial charge in [0.1, 0.15) is 11.6 Å². The minimum atomic E-state index is -0.452. The summed E-state index contributed by atoms with van der Waals surface area (Å²) in [7, 11) is 1.76. The zero-order valence-corrected chi connectivity index (χ0v) is 12.7. The average molecular weight is 283 g/mol. The van der Waals surface area contributed by atoms with E-state index in [0.29, 0.717) is 0 Å². The van der Waals surface area contributed by atoms with Gasteiger partial charge >= 0.3 is 0 Å². The van der Waals surface area contributed by atoms with Crippen molar-refractivity contribution in [2.24, 2.45) is 0 Å². The number of hydrogen-bond donors (Lipinski definition) is 1. The summed E-state index contributed by atoms with van der Waals surface area (Å²) in [5, 5.41) is 3.03. The Kier molecular flexibility index (Phi) is 8.43. The molecule has 0 aliphatic carbocycles. The van der Waals surface area contributed by atoms with Crippen LogP contribution < -0.4 is 5.32 Å². The quantitative estimate of drug-likeness (QED) is 0.569. The normalized spacial score (nSPS) is 12.6. The Balaban J connectivity index is 2.36. The van der Waals surface area contributed by atoms with Crippen LogP contribution in [0.3, 0.4) is 0 Å². The van der Waals surface area contributed by atoms with E-state index in [2.05, 4.69) is 12.2 Å². The third-order valence-corrected chi connectivity index (χ3v) is 3.79. The molecule has 0 aromatic heterocycles. The molecule has 1 unspecified atom stereocenters. The first kappa shape index (κ1) is 17.1. The van der Waals surface area contributed by atoms with E-state index < -0.39 is 11.6 Å². The second-order valence-electron chi connectivity index (χ2n) is 5.39. The van der Waals surface area contributed by atoms with E-state index in [9.17, 15) is 8.78 Å². The predicted molar refractivity (Wildman–Crippen MR) is 80.8 cm³/mol. The number of benzene rings is 1. The van der Waals surface area contributed by atoms with Gasteiger partial charge in [0, 0.05) is 11.6 Å². The van der Waals surface area contributed by atoms with Crippen molar-refractivity contribution in [3.63, 3.8) is 0 Å². The van der Waals surface area contributed by atoms with Gasteiger partial charge in [-0.3, -0.25) is 0 Å². The molecule has 0 heterocycles. The maximum absolute atomic E-state index is 13.7. The molecule has 0 bridgehead atoms. The zero-order chi connectivity index (χ0) is 14.8. The summed E-state index contributed by atoms with van der Waals surface area (Å²) in [6.45, 7) is 2.21. The lowest BCUT2D eigenvalue weighted by Gasteiger charge is -2.18. The molecule has 1 atom stereocenters. The lowest BCUT2D eigenvalue weighted by molar-refractivity contribution is 0.450. The monoisotopic (exact) mass is 283 g/mol. The maximum atomic E-state index is 13.7. The highest BCUT2D eigenvalue weighted by atomic mass is 19.1. The summed E-state index contributed by atoms with van der Waals surface area (Å²) >= 11 is 0. The van der Waals surface area contributed by atoms with Gasteiger partial charge in [0.05, 0.1) is 0 Å². The summed E-state index contributed by atoms with van der Waals surface area (Å²) in [5.41, 5.74) is 0.181. The number of unbranched alkanes of at least 4 members (excludes halogenated alkanes) is 6. The highest BCUT2D eigenvalue weighted by Gasteiger charge is 2.17. The number of rotatable bonds is 10. The van der Waals surface area contributed by atoms with Gasteiger partial charge in [0.15, 0.2) is 0 Å². The van der Waals surface area contributed by atoms with Gasteiger partial charge in [-0.2, -0.15) is 0 Å². The molecule has 0 saturated carbocycles. The van der Waals surface area contributed by atoms with Gasteiger partial charge in [0.2, 0.25) is 0 Å². The second-order valence-corrected chi connectivity index (χ2v) is 5.39. The van der Waals surface area contributed by atoms with Crippen LogP contribution in [-0.4, -0.2) is 7.05 Å². The van der Waals surface area contributed by atoms with Crippen molar-refractivity contribution in [2.45, 2.75) is 64.3 Å². The number of nitrogens with one attached hydrogen (secondary N) is 1. The van der Waals surface area contributed by atoms with Gasteiger partial charge < -0.3 is 5.32 Å². The van der Waals surface area contributed by atoms with E-state index in [-0.39, 0.29) is 11.6 Å². The first-order valence-electron chi connectivity index (χ1n) is 7.81. The Morgan fingerprint density at radius 1 is 0.950 bits per heavy atom. The Labute approximate surface area is 121 Å². The Morgan fingerprint density at radius 3 is 2.05 bits per heavy atom. The largest absolute Gasteiger partial charge is 0.313 e. The van der Waals surface area contributed by atoms with Crippen molar-refractivity contribution in [1.82, 2.24) is 5.32 Å². The fourth-order valence-electron chi connectivity index (χ4n) is 2.58. The van der Waals surface area contributed by atoms with Crippen LogP contribution >= 0.6 is 0 Å². The smallest absolute Gasteiger partial charge is 0.130 e. The standard InChI is InChI=1S/C17H27F2N/c1-3-4-5-6-7-8-9-13-16(20-2)17-14(18)11-10-12-15(17)19/h10-12,16,20H,3-9,13H2,1-2H3. The Bertz CT molecular complexity index is 359. The van der Waals surface area contributed by atoms with E-state index in [0.717, 1.165) is 19.3 Å². The highest BCUT2D eigenvalue weighted by molar-refractivity contribution is 5.23. The molecule has 20 heavy (non-hydrogen) atoms. The molecule has 0 aliphatic heterocycles. The third kappa shape index (κ3) is 5.58. The molecule has 1 aromatic carbocycles. The minimum absolute atomic E-state index is 0.181. The highest BCUT2D eigenvalue weighted by Crippen LogP contribution is 2.25. The van der Waals surface area contributed by atoms with Crippen LogP contribution in [0, 0.1) is 11.6 Å². The molecule has 3 heteroatoms. The molecule has 0 amide bonds. The maximum Gasteiger partial charge on any atom is 0.130 e. The van der Waals surface area contributed by atoms with Crippen LogP contribution in [0.25, 0.3) is 0 Å². The van der Waals surface area contributed by atoms with E-state index in [1.54, 1.807) is 7.05 Å². The second kappa shape index (κ2) is 9.87. The lowest BCUT2D eigenvalue weighted by Crippen LogP contribution is -2.19. The molecule has 1 nitrogen and oxygen atoms in total. The molecule has 0 radical (unpaired) electrons. The number of hydrogen-bond acceptors (Lipinski definition) is 1. The molecule has 0 saturated heterocycles. The van der Waals surface area contributed by atoms with E-state index >= 15 is 0 Å². The van der Waals surface area contributed by atoms with Gasteiger partial charge in [-0.1, -0.05) is 57.9 Å².